The predicted molar refractivity (Wildman–Crippen MR) is 344 cm³/mol. The highest BCUT2D eigenvalue weighted by Gasteiger charge is 2.26. The molecule has 2 atom stereocenters. The molecule has 0 spiro atoms. The minimum absolute atomic E-state index is 0.199. The molecule has 15 rings (SSSR count). The monoisotopic (exact) mass is 1050 g/mol. The lowest BCUT2D eigenvalue weighted by Gasteiger charge is -2.30. The lowest BCUT2D eigenvalue weighted by Crippen LogP contribution is -2.24. The number of rotatable bonds is 14. The number of hydrogen-bond donors (Lipinski definition) is 0. The summed E-state index contributed by atoms with van der Waals surface area (Å²) >= 11 is 0. The molecule has 9 aromatic carbocycles. The first-order valence-corrected chi connectivity index (χ1v) is 29.3. The fourth-order valence-corrected chi connectivity index (χ4v) is 13.8. The number of nitrogens with zero attached hydrogens (tertiary/aromatic N) is 3. The van der Waals surface area contributed by atoms with Gasteiger partial charge in [0.2, 0.25) is 0 Å². The molecule has 0 saturated heterocycles. The summed E-state index contributed by atoms with van der Waals surface area (Å²) in [6.45, 7) is 3.18. The van der Waals surface area contributed by atoms with Gasteiger partial charge in [-0.1, -0.05) is 219 Å². The molecule has 0 bridgehead atoms. The van der Waals surface area contributed by atoms with Gasteiger partial charge in [-0.25, -0.2) is 0 Å². The van der Waals surface area contributed by atoms with Crippen LogP contribution in [0.1, 0.15) is 67.6 Å². The van der Waals surface area contributed by atoms with Crippen LogP contribution in [0.4, 0.5) is 5.69 Å². The third-order valence-corrected chi connectivity index (χ3v) is 17.8. The summed E-state index contributed by atoms with van der Waals surface area (Å²) in [5.74, 6) is 0.511. The van der Waals surface area contributed by atoms with Crippen molar-refractivity contribution < 1.29 is 0 Å². The molecule has 0 radical (unpaired) electrons. The van der Waals surface area contributed by atoms with Crippen molar-refractivity contribution in [1.82, 2.24) is 9.97 Å². The zero-order chi connectivity index (χ0) is 54.5. The molecule has 0 saturated carbocycles. The van der Waals surface area contributed by atoms with Crippen molar-refractivity contribution in [2.45, 2.75) is 50.9 Å². The summed E-state index contributed by atoms with van der Waals surface area (Å²) in [6.07, 6.45) is 27.1. The average Bonchev–Trinajstić information content (AvgIpc) is 4.21. The summed E-state index contributed by atoms with van der Waals surface area (Å²) in [5.41, 5.74) is 28.4. The van der Waals surface area contributed by atoms with E-state index >= 15 is 0 Å². The minimum atomic E-state index is 0.199. The maximum atomic E-state index is 4.44. The standard InChI is InChI=1S/C79H61N3/c1-2-12-52(15-11-46-82(64-36-32-53(33-37-64)59-13-9-44-80-50-59)65-38-34-54(35-39-65)60-14-10-45-81-51-60)61-47-62(55-24-28-57(29-25-55)66-40-42-76-70-18-5-3-16-68(70)74-22-7-20-72(66)78(74)76)49-63(48-61)56-26-30-58(31-27-56)67-41-43-77-71-19-6-4-17-69(71)75-23-8-21-73(67)79(75)77/h3-10,12-14,16-34,36-45,47,49-51,54,63H,2,11,15,35,46,48H2,1H3/b52-12+. The highest BCUT2D eigenvalue weighted by Crippen LogP contribution is 2.51. The summed E-state index contributed by atoms with van der Waals surface area (Å²) < 4.78 is 0. The molecule has 4 aliphatic carbocycles. The van der Waals surface area contributed by atoms with E-state index in [2.05, 4.69) is 252 Å². The first kappa shape index (κ1) is 49.4. The second kappa shape index (κ2) is 21.1. The summed E-state index contributed by atoms with van der Waals surface area (Å²) in [7, 11) is 0. The van der Waals surface area contributed by atoms with E-state index < -0.39 is 0 Å². The molecule has 3 nitrogen and oxygen atoms in total. The van der Waals surface area contributed by atoms with Gasteiger partial charge < -0.3 is 4.90 Å². The topological polar surface area (TPSA) is 29.0 Å². The molecule has 82 heavy (non-hydrogen) atoms. The molecule has 2 heterocycles. The number of allylic oxidation sites excluding steroid dienone is 9. The number of aromatic nitrogens is 2. The van der Waals surface area contributed by atoms with E-state index in [9.17, 15) is 0 Å². The van der Waals surface area contributed by atoms with Gasteiger partial charge in [-0.05, 0) is 195 Å². The Hall–Kier alpha value is -9.70. The van der Waals surface area contributed by atoms with Gasteiger partial charge in [0.25, 0.3) is 0 Å². The van der Waals surface area contributed by atoms with E-state index in [1.54, 1.807) is 0 Å². The van der Waals surface area contributed by atoms with Crippen molar-refractivity contribution >= 4 is 32.8 Å². The number of pyridine rings is 2. The van der Waals surface area contributed by atoms with Gasteiger partial charge in [-0.2, -0.15) is 0 Å². The Kier molecular flexibility index (Phi) is 12.7. The van der Waals surface area contributed by atoms with Gasteiger partial charge in [-0.3, -0.25) is 9.97 Å². The summed E-state index contributed by atoms with van der Waals surface area (Å²) in [6, 6.07) is 77.0. The Morgan fingerprint density at radius 2 is 1.05 bits per heavy atom. The highest BCUT2D eigenvalue weighted by atomic mass is 15.1. The Balaban J connectivity index is 0.752. The Morgan fingerprint density at radius 1 is 0.488 bits per heavy atom. The lowest BCUT2D eigenvalue weighted by molar-refractivity contribution is 0.750. The highest BCUT2D eigenvalue weighted by molar-refractivity contribution is 6.20. The van der Waals surface area contributed by atoms with E-state index in [0.29, 0.717) is 5.92 Å². The number of fused-ring (bicyclic) bond motifs is 6. The van der Waals surface area contributed by atoms with Gasteiger partial charge in [0.15, 0.2) is 0 Å². The Morgan fingerprint density at radius 3 is 1.62 bits per heavy atom. The molecule has 4 aliphatic rings. The van der Waals surface area contributed by atoms with Crippen LogP contribution in [0.25, 0.3) is 105 Å². The van der Waals surface area contributed by atoms with Crippen molar-refractivity contribution in [3.05, 3.63) is 301 Å². The van der Waals surface area contributed by atoms with Crippen LogP contribution in [0.2, 0.25) is 0 Å². The van der Waals surface area contributed by atoms with Gasteiger partial charge in [0, 0.05) is 54.6 Å². The molecule has 0 N–H and O–H groups in total. The predicted octanol–water partition coefficient (Wildman–Crippen LogP) is 20.8. The number of anilines is 1. The second-order valence-electron chi connectivity index (χ2n) is 22.5. The maximum absolute atomic E-state index is 4.44. The SMILES string of the molecule is CC/C=C(\CCCN(C1=CCC(c2cccnc2)C=C1)c1ccc(-c2cccnc2)cc1)C1=CC(c2ccc(-c3ccc4c5c(cccc35)-c3ccccc3-4)cc2)=CC(c2ccc(-c3ccc4c5c(cccc35)-c3ccccc3-4)cc2)C1. The molecular weight excluding hydrogens is 991 g/mol. The van der Waals surface area contributed by atoms with Crippen molar-refractivity contribution in [2.75, 3.05) is 11.4 Å². The molecule has 2 aromatic heterocycles. The van der Waals surface area contributed by atoms with Crippen LogP contribution in [0.5, 0.6) is 0 Å². The average molecular weight is 1050 g/mol. The summed E-state index contributed by atoms with van der Waals surface area (Å²) in [4.78, 5) is 11.4. The van der Waals surface area contributed by atoms with E-state index in [4.69, 9.17) is 0 Å². The minimum Gasteiger partial charge on any atom is -0.342 e. The maximum Gasteiger partial charge on any atom is 0.0411 e. The Bertz CT molecular complexity index is 4370. The Labute approximate surface area is 481 Å². The van der Waals surface area contributed by atoms with Crippen LogP contribution in [-0.2, 0) is 0 Å². The molecule has 0 fully saturated rings. The van der Waals surface area contributed by atoms with Crippen LogP contribution in [0, 0.1) is 0 Å². The first-order chi connectivity index (χ1) is 40.6. The molecule has 0 amide bonds. The second-order valence-corrected chi connectivity index (χ2v) is 22.5. The fourth-order valence-electron chi connectivity index (χ4n) is 13.8. The van der Waals surface area contributed by atoms with Crippen molar-refractivity contribution in [3.8, 4) is 77.9 Å². The zero-order valence-corrected chi connectivity index (χ0v) is 46.1. The van der Waals surface area contributed by atoms with Crippen LogP contribution < -0.4 is 4.90 Å². The normalized spacial score (nSPS) is 15.7. The van der Waals surface area contributed by atoms with E-state index in [0.717, 1.165) is 44.2 Å². The van der Waals surface area contributed by atoms with Gasteiger partial charge in [-0.15, -0.1) is 0 Å². The molecular formula is C79H61N3. The molecule has 3 heteroatoms. The number of hydrogen-bond acceptors (Lipinski definition) is 3. The van der Waals surface area contributed by atoms with Crippen molar-refractivity contribution in [2.24, 2.45) is 0 Å². The molecule has 11 aromatic rings. The largest absolute Gasteiger partial charge is 0.342 e. The van der Waals surface area contributed by atoms with Crippen LogP contribution in [0.15, 0.2) is 284 Å². The fraction of sp³-hybridized carbons (Fsp3) is 0.114. The third-order valence-electron chi connectivity index (χ3n) is 17.8. The van der Waals surface area contributed by atoms with Gasteiger partial charge >= 0.3 is 0 Å². The van der Waals surface area contributed by atoms with Crippen LogP contribution in [-0.4, -0.2) is 16.5 Å². The molecule has 0 aliphatic heterocycles. The summed E-state index contributed by atoms with van der Waals surface area (Å²) in [5, 5.41) is 5.35. The smallest absolute Gasteiger partial charge is 0.0411 e. The van der Waals surface area contributed by atoms with E-state index in [1.807, 2.05) is 36.9 Å². The zero-order valence-electron chi connectivity index (χ0n) is 46.1. The first-order valence-electron chi connectivity index (χ1n) is 29.3. The quantitative estimate of drug-likeness (QED) is 0.109. The van der Waals surface area contributed by atoms with Gasteiger partial charge in [0.05, 0.1) is 0 Å². The van der Waals surface area contributed by atoms with Gasteiger partial charge in [0.1, 0.15) is 0 Å². The van der Waals surface area contributed by atoms with Crippen molar-refractivity contribution in [1.29, 1.82) is 0 Å². The molecule has 2 unspecified atom stereocenters. The van der Waals surface area contributed by atoms with Crippen molar-refractivity contribution in [3.63, 3.8) is 0 Å². The van der Waals surface area contributed by atoms with Crippen LogP contribution >= 0.6 is 0 Å². The van der Waals surface area contributed by atoms with E-state index in [-0.39, 0.29) is 5.92 Å². The van der Waals surface area contributed by atoms with E-state index in [1.165, 1.54) is 139 Å². The third kappa shape index (κ3) is 8.85. The molecule has 392 valence electrons. The lowest BCUT2D eigenvalue weighted by atomic mass is 9.79. The number of benzene rings is 9. The van der Waals surface area contributed by atoms with Crippen LogP contribution in [0.3, 0.4) is 0 Å².